The van der Waals surface area contributed by atoms with E-state index in [-0.39, 0.29) is 0 Å². The maximum atomic E-state index is 4.92. The monoisotopic (exact) mass is 370 g/mol. The number of rotatable bonds is 5. The Balaban J connectivity index is 1.56. The number of H-pyrrole nitrogens is 1. The van der Waals surface area contributed by atoms with E-state index in [4.69, 9.17) is 4.99 Å². The highest BCUT2D eigenvalue weighted by Crippen LogP contribution is 2.26. The van der Waals surface area contributed by atoms with Crippen LogP contribution in [0.25, 0.3) is 16.5 Å². The summed E-state index contributed by atoms with van der Waals surface area (Å²) >= 11 is 0. The van der Waals surface area contributed by atoms with Crippen molar-refractivity contribution in [3.8, 4) is 0 Å². The Kier molecular flexibility index (Phi) is 5.66. The molecule has 0 fully saturated rings. The summed E-state index contributed by atoms with van der Waals surface area (Å²) in [5.74, 6) is 0.644. The van der Waals surface area contributed by atoms with Gasteiger partial charge in [0.05, 0.1) is 12.3 Å². The summed E-state index contributed by atoms with van der Waals surface area (Å²) in [6.45, 7) is 3.80. The van der Waals surface area contributed by atoms with Gasteiger partial charge in [0.1, 0.15) is 0 Å². The highest BCUT2D eigenvalue weighted by atomic mass is 14.9. The second-order valence-electron chi connectivity index (χ2n) is 7.30. The molecule has 0 spiro atoms. The first-order chi connectivity index (χ1) is 13.8. The largest absolute Gasteiger partial charge is 0.383 e. The van der Waals surface area contributed by atoms with Gasteiger partial charge in [-0.15, -0.1) is 0 Å². The summed E-state index contributed by atoms with van der Waals surface area (Å²) < 4.78 is 0. The predicted octanol–water partition coefficient (Wildman–Crippen LogP) is 5.49. The number of aromatic amines is 1. The highest BCUT2D eigenvalue weighted by molar-refractivity contribution is 6.29. The molecule has 2 N–H and O–H groups in total. The number of allylic oxidation sites excluding steroid dienone is 4. The molecule has 4 heteroatoms. The van der Waals surface area contributed by atoms with Gasteiger partial charge >= 0.3 is 0 Å². The molecule has 0 saturated carbocycles. The Bertz CT molecular complexity index is 978. The van der Waals surface area contributed by atoms with Gasteiger partial charge in [-0.1, -0.05) is 37.3 Å². The van der Waals surface area contributed by atoms with Crippen LogP contribution in [-0.4, -0.2) is 28.8 Å². The minimum Gasteiger partial charge on any atom is -0.383 e. The van der Waals surface area contributed by atoms with Crippen molar-refractivity contribution in [2.45, 2.75) is 19.8 Å². The summed E-state index contributed by atoms with van der Waals surface area (Å²) in [6.07, 6.45) is 12.5. The normalized spacial score (nSPS) is 21.7. The Morgan fingerprint density at radius 1 is 1.14 bits per heavy atom. The van der Waals surface area contributed by atoms with Gasteiger partial charge in [0, 0.05) is 46.8 Å². The fourth-order valence-electron chi connectivity index (χ4n) is 3.47. The molecule has 0 aliphatic heterocycles. The van der Waals surface area contributed by atoms with Crippen LogP contribution >= 0.6 is 0 Å². The molecule has 28 heavy (non-hydrogen) atoms. The van der Waals surface area contributed by atoms with Crippen LogP contribution in [0.1, 0.15) is 25.5 Å². The first-order valence-electron chi connectivity index (χ1n) is 9.93. The van der Waals surface area contributed by atoms with Crippen LogP contribution in [0.2, 0.25) is 0 Å². The molecule has 0 amide bonds. The molecule has 1 atom stereocenters. The number of hydrogen-bond donors (Lipinski definition) is 2. The molecule has 1 aliphatic carbocycles. The van der Waals surface area contributed by atoms with E-state index >= 15 is 0 Å². The second kappa shape index (κ2) is 8.70. The van der Waals surface area contributed by atoms with Crippen molar-refractivity contribution in [1.29, 1.82) is 0 Å². The minimum atomic E-state index is 0.644. The first kappa shape index (κ1) is 18.2. The molecule has 4 nitrogen and oxygen atoms in total. The van der Waals surface area contributed by atoms with Gasteiger partial charge in [-0.05, 0) is 49.1 Å². The summed E-state index contributed by atoms with van der Waals surface area (Å²) in [5, 5.41) is 4.63. The van der Waals surface area contributed by atoms with Gasteiger partial charge in [0.2, 0.25) is 0 Å². The van der Waals surface area contributed by atoms with Gasteiger partial charge in [0.15, 0.2) is 0 Å². The van der Waals surface area contributed by atoms with Crippen LogP contribution < -0.4 is 5.32 Å². The van der Waals surface area contributed by atoms with Crippen molar-refractivity contribution in [2.75, 3.05) is 18.4 Å². The summed E-state index contributed by atoms with van der Waals surface area (Å²) in [4.78, 5) is 12.5. The van der Waals surface area contributed by atoms with E-state index in [0.717, 1.165) is 48.5 Å². The molecule has 0 saturated heterocycles. The molecule has 4 rings (SSSR count). The van der Waals surface area contributed by atoms with E-state index in [0.29, 0.717) is 5.92 Å². The third kappa shape index (κ3) is 4.39. The molecule has 3 aromatic rings. The third-order valence-electron chi connectivity index (χ3n) is 5.04. The maximum absolute atomic E-state index is 4.92. The summed E-state index contributed by atoms with van der Waals surface area (Å²) in [7, 11) is 0. The maximum Gasteiger partial charge on any atom is 0.0661 e. The molecule has 1 aromatic carbocycles. The first-order valence-corrected chi connectivity index (χ1v) is 9.93. The Labute approximate surface area is 166 Å². The van der Waals surface area contributed by atoms with Crippen molar-refractivity contribution < 1.29 is 0 Å². The second-order valence-corrected chi connectivity index (χ2v) is 7.30. The van der Waals surface area contributed by atoms with Gasteiger partial charge in [-0.25, -0.2) is 0 Å². The highest BCUT2D eigenvalue weighted by Gasteiger charge is 2.13. The SMILES string of the molecule is CC1C/C=C\C(=NCCNc2ccncc2)/C(c2cc3ccccc3[nH]2)=C/C1. The number of anilines is 1. The lowest BCUT2D eigenvalue weighted by Crippen LogP contribution is -2.09. The summed E-state index contributed by atoms with van der Waals surface area (Å²) in [6, 6.07) is 14.6. The molecule has 1 unspecified atom stereocenters. The smallest absolute Gasteiger partial charge is 0.0661 e. The topological polar surface area (TPSA) is 53.1 Å². The molecule has 0 radical (unpaired) electrons. The van der Waals surface area contributed by atoms with Crippen molar-refractivity contribution in [3.63, 3.8) is 0 Å². The summed E-state index contributed by atoms with van der Waals surface area (Å²) in [5.41, 5.74) is 5.62. The number of para-hydroxylation sites is 1. The van der Waals surface area contributed by atoms with Crippen LogP contribution in [-0.2, 0) is 0 Å². The van der Waals surface area contributed by atoms with Crippen molar-refractivity contribution >= 4 is 27.9 Å². The number of fused-ring (bicyclic) bond motifs is 1. The van der Waals surface area contributed by atoms with Crippen LogP contribution in [0.4, 0.5) is 5.69 Å². The number of benzene rings is 1. The molecule has 142 valence electrons. The van der Waals surface area contributed by atoms with Gasteiger partial charge in [-0.2, -0.15) is 0 Å². The number of aromatic nitrogens is 2. The molecular weight excluding hydrogens is 344 g/mol. The fraction of sp³-hybridized carbons (Fsp3) is 0.250. The van der Waals surface area contributed by atoms with Crippen LogP contribution in [0.3, 0.4) is 0 Å². The van der Waals surface area contributed by atoms with Crippen LogP contribution in [0.15, 0.2) is 78.1 Å². The number of aliphatic imine (C=N–C) groups is 1. The van der Waals surface area contributed by atoms with E-state index in [1.165, 1.54) is 11.0 Å². The van der Waals surface area contributed by atoms with E-state index in [9.17, 15) is 0 Å². The Morgan fingerprint density at radius 2 is 2.00 bits per heavy atom. The fourth-order valence-corrected chi connectivity index (χ4v) is 3.47. The number of pyridine rings is 1. The van der Waals surface area contributed by atoms with E-state index in [1.54, 1.807) is 12.4 Å². The van der Waals surface area contributed by atoms with Crippen LogP contribution in [0.5, 0.6) is 0 Å². The molecular formula is C24H26N4. The zero-order chi connectivity index (χ0) is 19.2. The predicted molar refractivity (Wildman–Crippen MR) is 119 cm³/mol. The van der Waals surface area contributed by atoms with E-state index in [2.05, 4.69) is 70.8 Å². The Morgan fingerprint density at radius 3 is 2.86 bits per heavy atom. The molecule has 1 aliphatic rings. The van der Waals surface area contributed by atoms with Crippen molar-refractivity contribution in [1.82, 2.24) is 9.97 Å². The zero-order valence-corrected chi connectivity index (χ0v) is 16.2. The average Bonchev–Trinajstić information content (AvgIpc) is 3.13. The van der Waals surface area contributed by atoms with Crippen molar-refractivity contribution in [3.05, 3.63) is 78.8 Å². The lowest BCUT2D eigenvalue weighted by Gasteiger charge is -2.14. The average molecular weight is 371 g/mol. The standard InChI is InChI=1S/C24H26N4/c1-18-5-4-8-23(27-16-15-26-20-11-13-25-14-12-20)21(10-9-18)24-17-19-6-2-3-7-22(19)28-24/h2-4,6-8,10-14,17-18,28H,5,9,15-16H2,1H3,(H,25,26)/b8-4-,21-10-,27-23?. The van der Waals surface area contributed by atoms with Gasteiger partial charge < -0.3 is 10.3 Å². The minimum absolute atomic E-state index is 0.644. The zero-order valence-electron chi connectivity index (χ0n) is 16.2. The van der Waals surface area contributed by atoms with Gasteiger partial charge in [0.25, 0.3) is 0 Å². The Hall–Kier alpha value is -3.14. The molecule has 0 bridgehead atoms. The quantitative estimate of drug-likeness (QED) is 0.584. The van der Waals surface area contributed by atoms with E-state index in [1.807, 2.05) is 12.1 Å². The molecule has 2 heterocycles. The third-order valence-corrected chi connectivity index (χ3v) is 5.04. The number of nitrogens with one attached hydrogen (secondary N) is 2. The lowest BCUT2D eigenvalue weighted by atomic mass is 9.95. The lowest BCUT2D eigenvalue weighted by molar-refractivity contribution is 0.603. The number of hydrogen-bond acceptors (Lipinski definition) is 3. The number of nitrogens with zero attached hydrogens (tertiary/aromatic N) is 2. The van der Waals surface area contributed by atoms with Crippen molar-refractivity contribution in [2.24, 2.45) is 10.9 Å². The molecule has 2 aromatic heterocycles. The van der Waals surface area contributed by atoms with E-state index < -0.39 is 0 Å². The van der Waals surface area contributed by atoms with Crippen LogP contribution in [0, 0.1) is 5.92 Å². The van der Waals surface area contributed by atoms with Gasteiger partial charge in [-0.3, -0.25) is 9.98 Å².